The molecule has 2 aliphatic rings. The molecule has 1 fully saturated rings. The van der Waals surface area contributed by atoms with Crippen LogP contribution in [0.2, 0.25) is 0 Å². The summed E-state index contributed by atoms with van der Waals surface area (Å²) in [6.45, 7) is 2.06. The average molecular weight is 427 g/mol. The van der Waals surface area contributed by atoms with Crippen LogP contribution in [0.25, 0.3) is 11.4 Å². The van der Waals surface area contributed by atoms with Crippen molar-refractivity contribution >= 4 is 28.7 Å². The van der Waals surface area contributed by atoms with Crippen molar-refractivity contribution in [2.45, 2.75) is 32.0 Å². The van der Waals surface area contributed by atoms with Gasteiger partial charge in [-0.25, -0.2) is 22.3 Å². The van der Waals surface area contributed by atoms with Gasteiger partial charge in [-0.2, -0.15) is 0 Å². The molecule has 1 amide bonds. The molecule has 0 aliphatic carbocycles. The van der Waals surface area contributed by atoms with E-state index >= 15 is 0 Å². The molecule has 0 spiro atoms. The van der Waals surface area contributed by atoms with Gasteiger partial charge in [-0.15, -0.1) is 0 Å². The van der Waals surface area contributed by atoms with E-state index in [-0.39, 0.29) is 12.4 Å². The first kappa shape index (κ1) is 19.6. The number of primary amides is 1. The Balaban J connectivity index is 1.68. The normalized spacial score (nSPS) is 21.9. The molecule has 1 aromatic carbocycles. The standard InChI is InChI=1S/C17H19F2N5O4S/c1-9(16(20)25)21-10-2-3-11-13(6-10)27-5-4-23-7-14(22-17(11)23)24-12(15(18)19)8-28-29(24)26/h2-3,6-7,9,12,15,21H,4-5,8H2,1H3,(H2,20,25)/t9-,12?,29?/m0/s1. The molecule has 156 valence electrons. The van der Waals surface area contributed by atoms with E-state index in [9.17, 15) is 17.8 Å². The highest BCUT2D eigenvalue weighted by molar-refractivity contribution is 7.82. The van der Waals surface area contributed by atoms with Gasteiger partial charge >= 0.3 is 0 Å². The smallest absolute Gasteiger partial charge is 0.266 e. The second kappa shape index (κ2) is 7.59. The first-order chi connectivity index (χ1) is 13.8. The minimum atomic E-state index is -2.72. The second-order valence-corrected chi connectivity index (χ2v) is 7.74. The van der Waals surface area contributed by atoms with Gasteiger partial charge in [0.25, 0.3) is 17.7 Å². The number of halogens is 2. The maximum absolute atomic E-state index is 13.3. The highest BCUT2D eigenvalue weighted by Gasteiger charge is 2.41. The van der Waals surface area contributed by atoms with Gasteiger partial charge in [0.05, 0.1) is 18.7 Å². The SMILES string of the molecule is C[C@H](Nc1ccc2c(c1)OCCn1cc(N3C(C(F)F)COS3=O)nc1-2)C(N)=O. The van der Waals surface area contributed by atoms with E-state index in [1.54, 1.807) is 35.9 Å². The van der Waals surface area contributed by atoms with Gasteiger partial charge in [0, 0.05) is 18.0 Å². The van der Waals surface area contributed by atoms with E-state index in [4.69, 9.17) is 14.7 Å². The van der Waals surface area contributed by atoms with E-state index < -0.39 is 35.7 Å². The lowest BCUT2D eigenvalue weighted by molar-refractivity contribution is -0.118. The van der Waals surface area contributed by atoms with Crippen LogP contribution in [0.15, 0.2) is 24.4 Å². The van der Waals surface area contributed by atoms with Gasteiger partial charge < -0.3 is 20.4 Å². The van der Waals surface area contributed by atoms with Crippen LogP contribution in [-0.4, -0.2) is 51.4 Å². The fourth-order valence-electron chi connectivity index (χ4n) is 3.17. The second-order valence-electron chi connectivity index (χ2n) is 6.67. The Kier molecular flexibility index (Phi) is 5.13. The molecule has 1 saturated heterocycles. The maximum Gasteiger partial charge on any atom is 0.266 e. The molecule has 1 aromatic heterocycles. The largest absolute Gasteiger partial charge is 0.491 e. The van der Waals surface area contributed by atoms with Crippen molar-refractivity contribution in [1.29, 1.82) is 0 Å². The fraction of sp³-hybridized carbons (Fsp3) is 0.412. The van der Waals surface area contributed by atoms with Crippen molar-refractivity contribution in [1.82, 2.24) is 9.55 Å². The number of ether oxygens (including phenoxy) is 1. The molecule has 3 atom stereocenters. The van der Waals surface area contributed by atoms with Crippen molar-refractivity contribution in [2.24, 2.45) is 5.73 Å². The third-order valence-corrected chi connectivity index (χ3v) is 5.82. The van der Waals surface area contributed by atoms with E-state index in [0.717, 1.165) is 4.31 Å². The van der Waals surface area contributed by atoms with E-state index in [2.05, 4.69) is 10.3 Å². The predicted octanol–water partition coefficient (Wildman–Crippen LogP) is 1.28. The molecule has 4 rings (SSSR count). The summed E-state index contributed by atoms with van der Waals surface area (Å²) in [4.78, 5) is 15.7. The highest BCUT2D eigenvalue weighted by atomic mass is 32.2. The number of aromatic nitrogens is 2. The van der Waals surface area contributed by atoms with Crippen LogP contribution in [0, 0.1) is 0 Å². The summed E-state index contributed by atoms with van der Waals surface area (Å²) < 4.78 is 52.1. The lowest BCUT2D eigenvalue weighted by Crippen LogP contribution is -2.37. The van der Waals surface area contributed by atoms with E-state index in [0.29, 0.717) is 36.0 Å². The third kappa shape index (κ3) is 3.65. The number of nitrogens with zero attached hydrogens (tertiary/aromatic N) is 3. The summed E-state index contributed by atoms with van der Waals surface area (Å²) in [5.41, 5.74) is 6.56. The first-order valence-electron chi connectivity index (χ1n) is 8.88. The predicted molar refractivity (Wildman–Crippen MR) is 102 cm³/mol. The number of carbonyl (C=O) groups is 1. The summed E-state index contributed by atoms with van der Waals surface area (Å²) in [5.74, 6) is 0.680. The Morgan fingerprint density at radius 3 is 2.97 bits per heavy atom. The quantitative estimate of drug-likeness (QED) is 0.744. The van der Waals surface area contributed by atoms with Crippen LogP contribution in [0.4, 0.5) is 20.3 Å². The van der Waals surface area contributed by atoms with Crippen LogP contribution in [0.1, 0.15) is 6.92 Å². The molecule has 12 heteroatoms. The summed E-state index contributed by atoms with van der Waals surface area (Å²) in [6, 6.07) is 3.32. The summed E-state index contributed by atoms with van der Waals surface area (Å²) in [7, 11) is 0. The van der Waals surface area contributed by atoms with Gasteiger partial charge in [0.1, 0.15) is 30.3 Å². The van der Waals surface area contributed by atoms with Crippen LogP contribution in [0.3, 0.4) is 0 Å². The molecule has 9 nitrogen and oxygen atoms in total. The lowest BCUT2D eigenvalue weighted by atomic mass is 10.1. The van der Waals surface area contributed by atoms with Crippen LogP contribution < -0.4 is 20.1 Å². The number of alkyl halides is 2. The van der Waals surface area contributed by atoms with Gasteiger partial charge in [-0.05, 0) is 19.1 Å². The Morgan fingerprint density at radius 1 is 1.45 bits per heavy atom. The molecular weight excluding hydrogens is 408 g/mol. The average Bonchev–Trinajstić information content (AvgIpc) is 3.21. The van der Waals surface area contributed by atoms with Crippen molar-refractivity contribution in [3.05, 3.63) is 24.4 Å². The van der Waals surface area contributed by atoms with Crippen molar-refractivity contribution in [3.8, 4) is 17.1 Å². The number of carbonyl (C=O) groups excluding carboxylic acids is 1. The number of nitrogens with one attached hydrogen (secondary N) is 1. The minimum absolute atomic E-state index is 0.151. The van der Waals surface area contributed by atoms with Crippen molar-refractivity contribution in [3.63, 3.8) is 0 Å². The van der Waals surface area contributed by atoms with Gasteiger partial charge in [0.2, 0.25) is 5.91 Å². The Morgan fingerprint density at radius 2 is 2.24 bits per heavy atom. The molecule has 0 radical (unpaired) electrons. The number of fused-ring (bicyclic) bond motifs is 3. The number of nitrogens with two attached hydrogens (primary N) is 1. The molecule has 3 N–H and O–H groups in total. The summed E-state index contributed by atoms with van der Waals surface area (Å²) in [6.07, 6.45) is -1.16. The third-order valence-electron chi connectivity index (χ3n) is 4.70. The molecular formula is C17H19F2N5O4S. The number of anilines is 2. The van der Waals surface area contributed by atoms with E-state index in [1.807, 2.05) is 0 Å². The Labute approximate surface area is 167 Å². The molecule has 2 aromatic rings. The van der Waals surface area contributed by atoms with Crippen molar-refractivity contribution in [2.75, 3.05) is 22.8 Å². The molecule has 3 heterocycles. The number of hydrogen-bond donors (Lipinski definition) is 2. The number of benzene rings is 1. The lowest BCUT2D eigenvalue weighted by Gasteiger charge is -2.18. The Bertz CT molecular complexity index is 969. The number of hydrogen-bond acceptors (Lipinski definition) is 6. The van der Waals surface area contributed by atoms with Gasteiger partial charge in [0.15, 0.2) is 5.82 Å². The summed E-state index contributed by atoms with van der Waals surface area (Å²) in [5, 5.41) is 2.98. The first-order valence-corrected chi connectivity index (χ1v) is 9.91. The van der Waals surface area contributed by atoms with Crippen LogP contribution >= 0.6 is 0 Å². The maximum atomic E-state index is 13.3. The minimum Gasteiger partial charge on any atom is -0.491 e. The van der Waals surface area contributed by atoms with Gasteiger partial charge in [-0.3, -0.25) is 8.98 Å². The highest BCUT2D eigenvalue weighted by Crippen LogP contribution is 2.37. The summed E-state index contributed by atoms with van der Waals surface area (Å²) >= 11 is -2.03. The number of amides is 1. The topological polar surface area (TPSA) is 112 Å². The number of imidazole rings is 1. The zero-order valence-corrected chi connectivity index (χ0v) is 16.2. The molecule has 0 saturated carbocycles. The van der Waals surface area contributed by atoms with Crippen LogP contribution in [-0.2, 0) is 26.8 Å². The molecule has 2 aliphatic heterocycles. The zero-order chi connectivity index (χ0) is 20.7. The molecule has 2 unspecified atom stereocenters. The van der Waals surface area contributed by atoms with Gasteiger partial charge in [-0.1, -0.05) is 0 Å². The fourth-order valence-corrected chi connectivity index (χ4v) is 4.15. The molecule has 29 heavy (non-hydrogen) atoms. The number of rotatable bonds is 5. The van der Waals surface area contributed by atoms with Crippen LogP contribution in [0.5, 0.6) is 5.75 Å². The van der Waals surface area contributed by atoms with Crippen molar-refractivity contribution < 1.29 is 26.7 Å². The Hall–Kier alpha value is -2.73. The zero-order valence-electron chi connectivity index (χ0n) is 15.4. The molecule has 0 bridgehead atoms. The monoisotopic (exact) mass is 427 g/mol. The van der Waals surface area contributed by atoms with E-state index in [1.165, 1.54) is 0 Å².